The van der Waals surface area contributed by atoms with Gasteiger partial charge in [-0.25, -0.2) is 15.0 Å². The van der Waals surface area contributed by atoms with Crippen LogP contribution in [0.25, 0.3) is 10.9 Å². The van der Waals surface area contributed by atoms with E-state index in [4.69, 9.17) is 15.0 Å². The molecule has 5 nitrogen and oxygen atoms in total. The Bertz CT molecular complexity index is 2190. The molecule has 0 bridgehead atoms. The van der Waals surface area contributed by atoms with Gasteiger partial charge >= 0.3 is 0 Å². The molecule has 7 aromatic rings. The number of hydrogen-bond donors (Lipinski definition) is 0. The maximum atomic E-state index is 5.51. The van der Waals surface area contributed by atoms with Gasteiger partial charge in [-0.3, -0.25) is 4.90 Å². The summed E-state index contributed by atoms with van der Waals surface area (Å²) in [6, 6.07) is 49.8. The minimum Gasteiger partial charge on any atom is -0.310 e. The van der Waals surface area contributed by atoms with Crippen molar-refractivity contribution in [3.63, 3.8) is 0 Å². The first kappa shape index (κ1) is 29.9. The summed E-state index contributed by atoms with van der Waals surface area (Å²) in [5.41, 5.74) is 3.38. The molecule has 0 atom stereocenters. The molecule has 231 valence electrons. The molecule has 0 aliphatic carbocycles. The van der Waals surface area contributed by atoms with Crippen molar-refractivity contribution in [3.05, 3.63) is 151 Å². The van der Waals surface area contributed by atoms with E-state index in [0.29, 0.717) is 0 Å². The summed E-state index contributed by atoms with van der Waals surface area (Å²) in [5, 5.41) is 5.10. The molecule has 0 unspecified atom stereocenters. The summed E-state index contributed by atoms with van der Waals surface area (Å²) >= 11 is 1.76. The second-order valence-electron chi connectivity index (χ2n) is 11.4. The Labute approximate surface area is 290 Å². The number of para-hydroxylation sites is 2. The molecule has 1 radical (unpaired) electrons. The van der Waals surface area contributed by atoms with Gasteiger partial charge in [0.2, 0.25) is 0 Å². The normalized spacial score (nSPS) is 13.2. The van der Waals surface area contributed by atoms with Crippen molar-refractivity contribution in [2.75, 3.05) is 16.3 Å². The molecular formula is C39H29CuN5PS+. The Kier molecular flexibility index (Phi) is 8.00. The summed E-state index contributed by atoms with van der Waals surface area (Å²) in [6.45, 7) is 0.864. The van der Waals surface area contributed by atoms with Crippen molar-refractivity contribution < 1.29 is 17.1 Å². The van der Waals surface area contributed by atoms with Crippen molar-refractivity contribution in [2.24, 2.45) is 0 Å². The fourth-order valence-corrected chi connectivity index (χ4v) is 10.3. The molecule has 0 saturated carbocycles. The van der Waals surface area contributed by atoms with Gasteiger partial charge in [-0.2, -0.15) is 0 Å². The van der Waals surface area contributed by atoms with Gasteiger partial charge in [0.15, 0.2) is 5.82 Å². The quantitative estimate of drug-likeness (QED) is 0.134. The average molecular weight is 694 g/mol. The van der Waals surface area contributed by atoms with Crippen LogP contribution in [0.3, 0.4) is 0 Å². The van der Waals surface area contributed by atoms with Crippen LogP contribution in [-0.2, 0) is 23.5 Å². The smallest absolute Gasteiger partial charge is 0.155 e. The van der Waals surface area contributed by atoms with Gasteiger partial charge in [0.25, 0.3) is 0 Å². The summed E-state index contributed by atoms with van der Waals surface area (Å²) in [4.78, 5) is 22.3. The predicted molar refractivity (Wildman–Crippen MR) is 193 cm³/mol. The first-order valence-corrected chi connectivity index (χ1v) is 17.8. The van der Waals surface area contributed by atoms with E-state index in [-0.39, 0.29) is 17.1 Å². The van der Waals surface area contributed by atoms with Crippen molar-refractivity contribution in [3.8, 4) is 0 Å². The van der Waals surface area contributed by atoms with E-state index in [1.807, 2.05) is 12.3 Å². The van der Waals surface area contributed by atoms with E-state index in [1.54, 1.807) is 11.8 Å². The molecule has 4 aromatic carbocycles. The van der Waals surface area contributed by atoms with Gasteiger partial charge in [-0.05, 0) is 84.8 Å². The predicted octanol–water partition coefficient (Wildman–Crippen LogP) is 8.14. The minimum atomic E-state index is -1.33. The van der Waals surface area contributed by atoms with Crippen molar-refractivity contribution in [1.82, 2.24) is 15.0 Å². The maximum Gasteiger partial charge on any atom is 0.155 e. The van der Waals surface area contributed by atoms with E-state index >= 15 is 0 Å². The molecule has 9 rings (SSSR count). The Morgan fingerprint density at radius 1 is 0.596 bits per heavy atom. The third-order valence-corrected chi connectivity index (χ3v) is 12.6. The molecule has 0 saturated heterocycles. The van der Waals surface area contributed by atoms with E-state index in [0.717, 1.165) is 57.7 Å². The van der Waals surface area contributed by atoms with Gasteiger partial charge in [0, 0.05) is 40.1 Å². The van der Waals surface area contributed by atoms with Crippen LogP contribution in [0, 0.1) is 0 Å². The number of rotatable bonds is 5. The molecule has 0 N–H and O–H groups in total. The number of benzene rings is 4. The standard InChI is InChI=1S/C39H28N5PS.Cu/c1-3-13-29(14-4-1)45(30-15-5-2-6-16-30)32-18-9-11-27-20-22-36(41-37(27)32)44-31-17-7-8-19-33(31)46-34-21-23-35(42-39(34)44)43-26-24-28-12-10-25-40-38(28)43;/h1-23,25H,24,26H2;/p+1. The first-order valence-electron chi connectivity index (χ1n) is 15.5. The minimum absolute atomic E-state index is 0. The summed E-state index contributed by atoms with van der Waals surface area (Å²) in [6.07, 6.45) is 2.83. The third-order valence-electron chi connectivity index (χ3n) is 8.70. The molecule has 8 heteroatoms. The Hall–Kier alpha value is -4.51. The molecule has 0 fully saturated rings. The Balaban J connectivity index is 0.00000324. The number of nitrogens with zero attached hydrogens (tertiary/aromatic N) is 5. The first-order chi connectivity index (χ1) is 22.8. The SMILES string of the molecule is [Cu].c1ccc([PH+](c2ccccc2)c2cccc3ccc(N4c5ccccc5Sc5ccc(N6CCc7cccnc76)nc54)nc23)cc1. The average Bonchev–Trinajstić information content (AvgIpc) is 3.56. The molecule has 0 spiro atoms. The maximum absolute atomic E-state index is 5.51. The van der Waals surface area contributed by atoms with Gasteiger partial charge in [-0.1, -0.05) is 78.5 Å². The number of fused-ring (bicyclic) bond motifs is 4. The Morgan fingerprint density at radius 2 is 1.34 bits per heavy atom. The van der Waals surface area contributed by atoms with E-state index in [2.05, 4.69) is 143 Å². The number of hydrogen-bond acceptors (Lipinski definition) is 6. The van der Waals surface area contributed by atoms with Gasteiger partial charge in [-0.15, -0.1) is 0 Å². The van der Waals surface area contributed by atoms with Crippen LogP contribution in [-0.4, -0.2) is 21.5 Å². The van der Waals surface area contributed by atoms with Crippen LogP contribution in [0.5, 0.6) is 0 Å². The number of aromatic nitrogens is 3. The van der Waals surface area contributed by atoms with Crippen LogP contribution >= 0.6 is 19.7 Å². The van der Waals surface area contributed by atoms with Gasteiger partial charge in [0.05, 0.1) is 10.6 Å². The number of anilines is 5. The summed E-state index contributed by atoms with van der Waals surface area (Å²) in [7, 11) is -1.33. The van der Waals surface area contributed by atoms with E-state index in [9.17, 15) is 0 Å². The van der Waals surface area contributed by atoms with Crippen molar-refractivity contribution in [1.29, 1.82) is 0 Å². The molecule has 2 aliphatic heterocycles. The van der Waals surface area contributed by atoms with Crippen molar-refractivity contribution in [2.45, 2.75) is 16.2 Å². The third kappa shape index (κ3) is 5.30. The topological polar surface area (TPSA) is 45.2 Å². The zero-order valence-corrected chi connectivity index (χ0v) is 28.0. The van der Waals surface area contributed by atoms with Crippen LogP contribution in [0.2, 0.25) is 0 Å². The summed E-state index contributed by atoms with van der Waals surface area (Å²) in [5.74, 6) is 3.66. The van der Waals surface area contributed by atoms with Crippen LogP contribution < -0.4 is 25.7 Å². The molecule has 2 aliphatic rings. The molecule has 3 aromatic heterocycles. The van der Waals surface area contributed by atoms with E-state index in [1.165, 1.54) is 26.4 Å². The van der Waals surface area contributed by atoms with E-state index < -0.39 is 7.92 Å². The monoisotopic (exact) mass is 693 g/mol. The Morgan fingerprint density at radius 3 is 2.15 bits per heavy atom. The van der Waals surface area contributed by atoms with Crippen LogP contribution in [0.4, 0.5) is 29.0 Å². The zero-order chi connectivity index (χ0) is 30.5. The largest absolute Gasteiger partial charge is 0.310 e. The fourth-order valence-electron chi connectivity index (χ4n) is 6.59. The van der Waals surface area contributed by atoms with Crippen molar-refractivity contribution >= 4 is 75.5 Å². The molecule has 47 heavy (non-hydrogen) atoms. The molecular weight excluding hydrogens is 665 g/mol. The van der Waals surface area contributed by atoms with Gasteiger partial charge < -0.3 is 4.90 Å². The zero-order valence-electron chi connectivity index (χ0n) is 25.2. The van der Waals surface area contributed by atoms with Crippen LogP contribution in [0.1, 0.15) is 5.56 Å². The molecule has 0 amide bonds. The van der Waals surface area contributed by atoms with Crippen LogP contribution in [0.15, 0.2) is 156 Å². The second-order valence-corrected chi connectivity index (χ2v) is 15.0. The number of pyridine rings is 3. The second kappa shape index (κ2) is 12.6. The van der Waals surface area contributed by atoms with Gasteiger partial charge in [0.1, 0.15) is 46.8 Å². The summed E-state index contributed by atoms with van der Waals surface area (Å²) < 4.78 is 0. The molecule has 5 heterocycles. The fraction of sp³-hybridized carbons (Fsp3) is 0.0513.